The maximum Gasteiger partial charge on any atom is 0.266 e. The van der Waals surface area contributed by atoms with Gasteiger partial charge in [0.25, 0.3) is 5.91 Å². The minimum absolute atomic E-state index is 0.0617. The minimum Gasteiger partial charge on any atom is -0.488 e. The Bertz CT molecular complexity index is 1010. The van der Waals surface area contributed by atoms with Crippen molar-refractivity contribution in [3.05, 3.63) is 68.5 Å². The van der Waals surface area contributed by atoms with Crippen LogP contribution >= 0.6 is 47.2 Å². The molecule has 2 saturated heterocycles. The highest BCUT2D eigenvalue weighted by molar-refractivity contribution is 8.26. The molecule has 0 N–H and O–H groups in total. The summed E-state index contributed by atoms with van der Waals surface area (Å²) in [6.45, 7) is 1.55. The molecular formula is C22H19Cl2NO3S2. The molecule has 4 nitrogen and oxygen atoms in total. The number of halogens is 2. The van der Waals surface area contributed by atoms with Gasteiger partial charge in [0.05, 0.1) is 17.6 Å². The molecule has 0 bridgehead atoms. The van der Waals surface area contributed by atoms with Gasteiger partial charge in [-0.15, -0.1) is 0 Å². The van der Waals surface area contributed by atoms with Crippen LogP contribution in [0.3, 0.4) is 0 Å². The summed E-state index contributed by atoms with van der Waals surface area (Å²) < 4.78 is 12.2. The number of thioether (sulfide) groups is 1. The quantitative estimate of drug-likeness (QED) is 0.377. The van der Waals surface area contributed by atoms with Crippen LogP contribution in [0.1, 0.15) is 24.0 Å². The van der Waals surface area contributed by atoms with Crippen molar-refractivity contribution in [2.75, 3.05) is 13.2 Å². The number of thiocarbonyl (C=S) groups is 1. The second-order valence-corrected chi connectivity index (χ2v) is 9.51. The number of carbonyl (C=O) groups is 1. The average Bonchev–Trinajstić information content (AvgIpc) is 3.33. The van der Waals surface area contributed by atoms with Gasteiger partial charge in [0, 0.05) is 27.8 Å². The van der Waals surface area contributed by atoms with Gasteiger partial charge in [-0.25, -0.2) is 0 Å². The van der Waals surface area contributed by atoms with E-state index in [0.717, 1.165) is 30.6 Å². The van der Waals surface area contributed by atoms with E-state index in [1.54, 1.807) is 17.0 Å². The largest absolute Gasteiger partial charge is 0.488 e. The molecule has 0 aliphatic carbocycles. The molecule has 1 amide bonds. The van der Waals surface area contributed by atoms with Gasteiger partial charge in [-0.2, -0.15) is 0 Å². The van der Waals surface area contributed by atoms with E-state index in [9.17, 15) is 4.79 Å². The fraction of sp³-hybridized carbons (Fsp3) is 0.273. The first kappa shape index (κ1) is 21.7. The van der Waals surface area contributed by atoms with Crippen LogP contribution in [0.25, 0.3) is 6.08 Å². The molecule has 0 radical (unpaired) electrons. The molecule has 2 aliphatic heterocycles. The Morgan fingerprint density at radius 3 is 2.87 bits per heavy atom. The average molecular weight is 480 g/mol. The highest BCUT2D eigenvalue weighted by atomic mass is 35.5. The van der Waals surface area contributed by atoms with Crippen molar-refractivity contribution >= 4 is 63.5 Å². The number of para-hydroxylation sites is 1. The van der Waals surface area contributed by atoms with Gasteiger partial charge in [-0.1, -0.05) is 71.4 Å². The molecule has 2 heterocycles. The number of hydrogen-bond donors (Lipinski definition) is 0. The van der Waals surface area contributed by atoms with E-state index in [1.165, 1.54) is 11.8 Å². The van der Waals surface area contributed by atoms with Gasteiger partial charge in [0.15, 0.2) is 0 Å². The summed E-state index contributed by atoms with van der Waals surface area (Å²) in [5.41, 5.74) is 1.64. The van der Waals surface area contributed by atoms with Gasteiger partial charge in [0.2, 0.25) is 0 Å². The summed E-state index contributed by atoms with van der Waals surface area (Å²) in [5.74, 6) is 0.573. The van der Waals surface area contributed by atoms with E-state index in [4.69, 9.17) is 44.9 Å². The lowest BCUT2D eigenvalue weighted by Crippen LogP contribution is -2.35. The Morgan fingerprint density at radius 2 is 2.10 bits per heavy atom. The smallest absolute Gasteiger partial charge is 0.266 e. The molecule has 0 aromatic heterocycles. The third kappa shape index (κ3) is 5.01. The lowest BCUT2D eigenvalue weighted by molar-refractivity contribution is -0.123. The summed E-state index contributed by atoms with van der Waals surface area (Å²) in [6, 6.07) is 12.9. The number of benzene rings is 2. The number of carbonyl (C=O) groups excluding carboxylic acids is 1. The maximum absolute atomic E-state index is 12.9. The molecule has 0 unspecified atom stereocenters. The summed E-state index contributed by atoms with van der Waals surface area (Å²) in [4.78, 5) is 15.1. The number of nitrogens with zero attached hydrogens (tertiary/aromatic N) is 1. The lowest BCUT2D eigenvalue weighted by atomic mass is 10.1. The summed E-state index contributed by atoms with van der Waals surface area (Å²) in [7, 11) is 0. The Hall–Kier alpha value is -1.57. The van der Waals surface area contributed by atoms with Gasteiger partial charge in [-0.05, 0) is 37.1 Å². The number of ether oxygens (including phenoxy) is 2. The molecule has 0 spiro atoms. The van der Waals surface area contributed by atoms with Crippen molar-refractivity contribution in [2.45, 2.75) is 25.6 Å². The minimum atomic E-state index is -0.0870. The van der Waals surface area contributed by atoms with Crippen LogP contribution in [0.15, 0.2) is 47.4 Å². The fourth-order valence-electron chi connectivity index (χ4n) is 3.32. The Morgan fingerprint density at radius 1 is 1.27 bits per heavy atom. The van der Waals surface area contributed by atoms with E-state index in [-0.39, 0.29) is 12.0 Å². The fourth-order valence-corrected chi connectivity index (χ4v) is 5.05. The third-order valence-electron chi connectivity index (χ3n) is 4.89. The molecule has 30 heavy (non-hydrogen) atoms. The summed E-state index contributed by atoms with van der Waals surface area (Å²) in [6.07, 6.45) is 3.87. The second-order valence-electron chi connectivity index (χ2n) is 6.99. The first-order valence-electron chi connectivity index (χ1n) is 9.54. The lowest BCUT2D eigenvalue weighted by Gasteiger charge is -2.18. The Kier molecular flexibility index (Phi) is 7.01. The molecule has 156 valence electrons. The monoisotopic (exact) mass is 479 g/mol. The SMILES string of the molecule is O=C1/C(=C/c2ccccc2OCc2ccc(Cl)cc2Cl)SC(=S)N1C[C@@H]1CCCO1. The van der Waals surface area contributed by atoms with Gasteiger partial charge >= 0.3 is 0 Å². The van der Waals surface area contributed by atoms with Gasteiger partial charge in [-0.3, -0.25) is 9.69 Å². The number of hydrogen-bond acceptors (Lipinski definition) is 5. The molecule has 2 aliphatic rings. The van der Waals surface area contributed by atoms with E-state index in [2.05, 4.69) is 0 Å². The molecule has 2 aromatic carbocycles. The summed E-state index contributed by atoms with van der Waals surface area (Å²) in [5, 5.41) is 1.13. The molecular weight excluding hydrogens is 461 g/mol. The predicted molar refractivity (Wildman–Crippen MR) is 126 cm³/mol. The standard InChI is InChI=1S/C22H19Cl2NO3S2/c23-16-8-7-15(18(24)11-16)13-28-19-6-2-1-4-14(19)10-20-21(26)25(22(29)30-20)12-17-5-3-9-27-17/h1-2,4,6-8,10-11,17H,3,5,9,12-13H2/b20-10-/t17-/m0/s1. The summed E-state index contributed by atoms with van der Waals surface area (Å²) >= 11 is 18.9. The van der Waals surface area contributed by atoms with Crippen LogP contribution in [-0.4, -0.2) is 34.4 Å². The Balaban J connectivity index is 1.49. The van der Waals surface area contributed by atoms with Crippen molar-refractivity contribution in [1.29, 1.82) is 0 Å². The van der Waals surface area contributed by atoms with Crippen molar-refractivity contribution in [2.24, 2.45) is 0 Å². The highest BCUT2D eigenvalue weighted by Gasteiger charge is 2.34. The van der Waals surface area contributed by atoms with Crippen molar-refractivity contribution in [3.8, 4) is 5.75 Å². The molecule has 0 saturated carbocycles. The van der Waals surface area contributed by atoms with Crippen LogP contribution in [0.2, 0.25) is 10.0 Å². The first-order chi connectivity index (χ1) is 14.5. The van der Waals surface area contributed by atoms with Crippen LogP contribution < -0.4 is 4.74 Å². The zero-order chi connectivity index (χ0) is 21.1. The zero-order valence-electron chi connectivity index (χ0n) is 16.0. The van der Waals surface area contributed by atoms with E-state index in [1.807, 2.05) is 36.4 Å². The number of amides is 1. The Labute approximate surface area is 195 Å². The molecule has 2 fully saturated rings. The molecule has 4 rings (SSSR count). The van der Waals surface area contributed by atoms with Crippen LogP contribution in [-0.2, 0) is 16.1 Å². The van der Waals surface area contributed by atoms with E-state index < -0.39 is 0 Å². The van der Waals surface area contributed by atoms with Crippen LogP contribution in [0, 0.1) is 0 Å². The maximum atomic E-state index is 12.9. The normalized spacial score (nSPS) is 20.4. The zero-order valence-corrected chi connectivity index (χ0v) is 19.1. The predicted octanol–water partition coefficient (Wildman–Crippen LogP) is 5.95. The highest BCUT2D eigenvalue weighted by Crippen LogP contribution is 2.35. The third-order valence-corrected chi connectivity index (χ3v) is 6.85. The van der Waals surface area contributed by atoms with Crippen molar-refractivity contribution in [3.63, 3.8) is 0 Å². The van der Waals surface area contributed by atoms with Crippen molar-refractivity contribution < 1.29 is 14.3 Å². The molecule has 1 atom stereocenters. The second kappa shape index (κ2) is 9.71. The number of rotatable bonds is 6. The van der Waals surface area contributed by atoms with E-state index in [0.29, 0.717) is 38.2 Å². The topological polar surface area (TPSA) is 38.8 Å². The van der Waals surface area contributed by atoms with Crippen molar-refractivity contribution in [1.82, 2.24) is 4.90 Å². The molecule has 8 heteroatoms. The van der Waals surface area contributed by atoms with E-state index >= 15 is 0 Å². The first-order valence-corrected chi connectivity index (χ1v) is 11.5. The van der Waals surface area contributed by atoms with Gasteiger partial charge in [0.1, 0.15) is 16.7 Å². The molecule has 2 aromatic rings. The van der Waals surface area contributed by atoms with Crippen LogP contribution in [0.4, 0.5) is 0 Å². The van der Waals surface area contributed by atoms with Crippen LogP contribution in [0.5, 0.6) is 5.75 Å². The van der Waals surface area contributed by atoms with Gasteiger partial charge < -0.3 is 9.47 Å².